The molecule has 9 nitrogen and oxygen atoms in total. The summed E-state index contributed by atoms with van der Waals surface area (Å²) in [6, 6.07) is 3.02. The molecule has 2 aliphatic heterocycles. The molecule has 4 rings (SSSR count). The number of nitrogens with zero attached hydrogens (tertiary/aromatic N) is 5. The number of hydrogen-bond acceptors (Lipinski definition) is 7. The van der Waals surface area contributed by atoms with Crippen LogP contribution in [0.1, 0.15) is 30.1 Å². The largest absolute Gasteiger partial charge is 0.453 e. The van der Waals surface area contributed by atoms with Gasteiger partial charge in [0, 0.05) is 56.7 Å². The van der Waals surface area contributed by atoms with Gasteiger partial charge in [-0.05, 0) is 18.9 Å². The molecule has 0 unspecified atom stereocenters. The fourth-order valence-electron chi connectivity index (χ4n) is 4.08. The third kappa shape index (κ3) is 4.41. The number of carbonyl (C=O) groups excluding carboxylic acids is 1. The van der Waals surface area contributed by atoms with E-state index >= 15 is 0 Å². The average molecular weight is 437 g/mol. The van der Waals surface area contributed by atoms with Gasteiger partial charge in [-0.2, -0.15) is 13.9 Å². The summed E-state index contributed by atoms with van der Waals surface area (Å²) in [5.41, 5.74) is 1.96. The van der Waals surface area contributed by atoms with Crippen LogP contribution in [0.4, 0.5) is 25.2 Å². The maximum absolute atomic E-state index is 12.6. The highest BCUT2D eigenvalue weighted by Crippen LogP contribution is 2.35. The Morgan fingerprint density at radius 1 is 1.35 bits per heavy atom. The van der Waals surface area contributed by atoms with Crippen LogP contribution in [0.3, 0.4) is 0 Å². The second-order valence-corrected chi connectivity index (χ2v) is 7.47. The van der Waals surface area contributed by atoms with E-state index in [1.165, 1.54) is 25.4 Å². The van der Waals surface area contributed by atoms with Crippen LogP contribution in [-0.4, -0.2) is 66.3 Å². The van der Waals surface area contributed by atoms with Crippen molar-refractivity contribution in [2.24, 2.45) is 0 Å². The van der Waals surface area contributed by atoms with E-state index in [2.05, 4.69) is 9.72 Å². The zero-order valence-electron chi connectivity index (χ0n) is 17.5. The van der Waals surface area contributed by atoms with E-state index in [-0.39, 0.29) is 11.8 Å². The van der Waals surface area contributed by atoms with Crippen molar-refractivity contribution in [1.29, 1.82) is 0 Å². The molecule has 0 aromatic carbocycles. The minimum Gasteiger partial charge on any atom is -0.453 e. The zero-order chi connectivity index (χ0) is 22.0. The predicted molar refractivity (Wildman–Crippen MR) is 107 cm³/mol. The van der Waals surface area contributed by atoms with Crippen LogP contribution in [0.15, 0.2) is 18.3 Å². The molecule has 1 saturated heterocycles. The Morgan fingerprint density at radius 2 is 2.13 bits per heavy atom. The highest BCUT2D eigenvalue weighted by Gasteiger charge is 2.32. The minimum atomic E-state index is -2.92. The van der Waals surface area contributed by atoms with Crippen molar-refractivity contribution < 1.29 is 27.8 Å². The van der Waals surface area contributed by atoms with Gasteiger partial charge in [0.2, 0.25) is 0 Å². The first kappa shape index (κ1) is 21.3. The maximum atomic E-state index is 12.6. The molecule has 0 radical (unpaired) electrons. The highest BCUT2D eigenvalue weighted by atomic mass is 19.3. The third-order valence-electron chi connectivity index (χ3n) is 5.64. The Hall–Kier alpha value is -2.95. The van der Waals surface area contributed by atoms with Gasteiger partial charge in [-0.3, -0.25) is 4.68 Å². The second kappa shape index (κ2) is 9.04. The molecule has 0 spiro atoms. The topological polar surface area (TPSA) is 82.0 Å². The monoisotopic (exact) mass is 437 g/mol. The SMILES string of the molecule is COC(=O)N1CCc2c(c(N(C)c3cc(OC(F)F)ccn3)nn2C2CCOCC2)C1. The smallest absolute Gasteiger partial charge is 0.409 e. The number of hydrogen-bond donors (Lipinski definition) is 0. The van der Waals surface area contributed by atoms with Gasteiger partial charge < -0.3 is 24.0 Å². The summed E-state index contributed by atoms with van der Waals surface area (Å²) in [5, 5.41) is 4.88. The van der Waals surface area contributed by atoms with E-state index in [0.717, 1.165) is 24.1 Å². The van der Waals surface area contributed by atoms with E-state index in [1.807, 2.05) is 4.68 Å². The van der Waals surface area contributed by atoms with Gasteiger partial charge in [-0.25, -0.2) is 9.78 Å². The molecule has 2 aliphatic rings. The van der Waals surface area contributed by atoms with Crippen molar-refractivity contribution >= 4 is 17.7 Å². The van der Waals surface area contributed by atoms with Gasteiger partial charge in [-0.1, -0.05) is 0 Å². The Kier molecular flexibility index (Phi) is 6.21. The molecule has 0 saturated carbocycles. The van der Waals surface area contributed by atoms with Gasteiger partial charge >= 0.3 is 12.7 Å². The van der Waals surface area contributed by atoms with Crippen molar-refractivity contribution in [1.82, 2.24) is 19.7 Å². The van der Waals surface area contributed by atoms with E-state index in [1.54, 1.807) is 16.8 Å². The summed E-state index contributed by atoms with van der Waals surface area (Å²) in [4.78, 5) is 19.8. The van der Waals surface area contributed by atoms with Crippen molar-refractivity contribution in [3.8, 4) is 5.75 Å². The summed E-state index contributed by atoms with van der Waals surface area (Å²) in [5.74, 6) is 1.05. The lowest BCUT2D eigenvalue weighted by molar-refractivity contribution is -0.0498. The van der Waals surface area contributed by atoms with Crippen LogP contribution in [-0.2, 0) is 22.4 Å². The normalized spacial score (nSPS) is 16.9. The van der Waals surface area contributed by atoms with Crippen LogP contribution in [0, 0.1) is 0 Å². The van der Waals surface area contributed by atoms with Crippen molar-refractivity contribution in [3.05, 3.63) is 29.6 Å². The number of ether oxygens (including phenoxy) is 3. The van der Waals surface area contributed by atoms with Crippen molar-refractivity contribution in [3.63, 3.8) is 0 Å². The molecule has 1 fully saturated rings. The molecular formula is C20H25F2N5O4. The Labute approximate surface area is 178 Å². The van der Waals surface area contributed by atoms with Crippen LogP contribution in [0.5, 0.6) is 5.75 Å². The summed E-state index contributed by atoms with van der Waals surface area (Å²) in [7, 11) is 3.12. The van der Waals surface area contributed by atoms with E-state index in [0.29, 0.717) is 44.4 Å². The second-order valence-electron chi connectivity index (χ2n) is 7.47. The molecule has 0 atom stereocenters. The molecular weight excluding hydrogens is 412 g/mol. The molecule has 0 aliphatic carbocycles. The summed E-state index contributed by atoms with van der Waals surface area (Å²) in [6.45, 7) is -0.693. The number of fused-ring (bicyclic) bond motifs is 1. The number of anilines is 2. The highest BCUT2D eigenvalue weighted by molar-refractivity contribution is 5.69. The Balaban J connectivity index is 1.71. The van der Waals surface area contributed by atoms with Gasteiger partial charge in [0.1, 0.15) is 11.6 Å². The Morgan fingerprint density at radius 3 is 2.84 bits per heavy atom. The molecule has 1 amide bonds. The lowest BCUT2D eigenvalue weighted by Crippen LogP contribution is -2.37. The first-order chi connectivity index (χ1) is 15.0. The number of aromatic nitrogens is 3. The van der Waals surface area contributed by atoms with E-state index in [4.69, 9.17) is 14.6 Å². The number of rotatable bonds is 5. The molecule has 4 heterocycles. The van der Waals surface area contributed by atoms with Crippen LogP contribution < -0.4 is 9.64 Å². The Bertz CT molecular complexity index is 932. The average Bonchev–Trinajstić information content (AvgIpc) is 3.17. The number of amides is 1. The summed E-state index contributed by atoms with van der Waals surface area (Å²) >= 11 is 0. The predicted octanol–water partition coefficient (Wildman–Crippen LogP) is 3.12. The van der Waals surface area contributed by atoms with Gasteiger partial charge in [0.15, 0.2) is 5.82 Å². The van der Waals surface area contributed by atoms with Crippen LogP contribution in [0.2, 0.25) is 0 Å². The third-order valence-corrected chi connectivity index (χ3v) is 5.64. The quantitative estimate of drug-likeness (QED) is 0.711. The molecule has 11 heteroatoms. The van der Waals surface area contributed by atoms with Gasteiger partial charge in [0.05, 0.1) is 19.7 Å². The maximum Gasteiger partial charge on any atom is 0.409 e. The lowest BCUT2D eigenvalue weighted by atomic mass is 10.0. The molecule has 0 N–H and O–H groups in total. The van der Waals surface area contributed by atoms with Gasteiger partial charge in [0.25, 0.3) is 0 Å². The molecule has 2 aromatic heterocycles. The number of alkyl halides is 2. The molecule has 168 valence electrons. The zero-order valence-corrected chi connectivity index (χ0v) is 17.5. The fraction of sp³-hybridized carbons (Fsp3) is 0.550. The van der Waals surface area contributed by atoms with Crippen LogP contribution in [0.25, 0.3) is 0 Å². The molecule has 31 heavy (non-hydrogen) atoms. The van der Waals surface area contributed by atoms with Crippen molar-refractivity contribution in [2.75, 3.05) is 38.8 Å². The first-order valence-electron chi connectivity index (χ1n) is 10.1. The molecule has 2 aromatic rings. The number of methoxy groups -OCH3 is 1. The lowest BCUT2D eigenvalue weighted by Gasteiger charge is -2.29. The first-order valence-corrected chi connectivity index (χ1v) is 10.1. The summed E-state index contributed by atoms with van der Waals surface area (Å²) in [6.07, 6.45) is 3.36. The van der Waals surface area contributed by atoms with Crippen molar-refractivity contribution in [2.45, 2.75) is 38.5 Å². The van der Waals surface area contributed by atoms with Crippen LogP contribution >= 0.6 is 0 Å². The number of carbonyl (C=O) groups is 1. The van der Waals surface area contributed by atoms with E-state index in [9.17, 15) is 13.6 Å². The number of pyridine rings is 1. The fourth-order valence-corrected chi connectivity index (χ4v) is 4.08. The molecule has 0 bridgehead atoms. The number of halogens is 2. The minimum absolute atomic E-state index is 0.0146. The summed E-state index contributed by atoms with van der Waals surface area (Å²) < 4.78 is 42.2. The van der Waals surface area contributed by atoms with Gasteiger partial charge in [-0.15, -0.1) is 0 Å². The standard InChI is InChI=1S/C20H25F2N5O4/c1-25(17-11-14(3-7-23-17)31-19(21)22)18-15-12-26(20(28)29-2)8-4-16(15)27(24-18)13-5-9-30-10-6-13/h3,7,11,13,19H,4-6,8-10,12H2,1-2H3. The van der Waals surface area contributed by atoms with E-state index < -0.39 is 12.7 Å².